The van der Waals surface area contributed by atoms with Crippen molar-refractivity contribution in [2.45, 2.75) is 109 Å². The molecule has 2 atom stereocenters. The Hall–Kier alpha value is -0.940. The van der Waals surface area contributed by atoms with Crippen molar-refractivity contribution in [3.8, 4) is 11.5 Å². The van der Waals surface area contributed by atoms with Gasteiger partial charge in [0.2, 0.25) is 5.50 Å². The quantitative estimate of drug-likeness (QED) is 0.136. The van der Waals surface area contributed by atoms with Crippen LogP contribution in [0, 0.1) is 0 Å². The molecule has 0 spiro atoms. The van der Waals surface area contributed by atoms with E-state index in [1.807, 2.05) is 5.38 Å². The highest BCUT2D eigenvalue weighted by Crippen LogP contribution is 2.35. The van der Waals surface area contributed by atoms with Gasteiger partial charge in [-0.2, -0.15) is 8.42 Å². The molecule has 1 aliphatic rings. The van der Waals surface area contributed by atoms with E-state index in [9.17, 15) is 12.8 Å². The molecule has 2 heterocycles. The van der Waals surface area contributed by atoms with E-state index in [4.69, 9.17) is 18.8 Å². The van der Waals surface area contributed by atoms with Crippen molar-refractivity contribution in [2.75, 3.05) is 32.9 Å². The standard InChI is InChI=1S/C16H35N.C10H13FO6S2/c1-3-5-7-9-11-13-15-17-16-14-12-10-8-6-4-2;11-10(19(12,13)14)1-2-15-3-7-4-16-8-5-18-6-9(8)17-7/h17H,3-16H2,1-2H3;5-7,10H,1-4H2,(H,12,13,14). The number of fused-ring (bicyclic) bond motifs is 1. The summed E-state index contributed by atoms with van der Waals surface area (Å²) in [6, 6.07) is 0. The monoisotopic (exact) mass is 553 g/mol. The number of halogens is 1. The lowest BCUT2D eigenvalue weighted by molar-refractivity contribution is 0.00669. The number of hydrogen-bond donors (Lipinski definition) is 2. The first-order valence-electron chi connectivity index (χ1n) is 13.6. The summed E-state index contributed by atoms with van der Waals surface area (Å²) in [4.78, 5) is 0. The number of hydrogen-bond acceptors (Lipinski definition) is 7. The molecule has 1 aromatic rings. The van der Waals surface area contributed by atoms with Gasteiger partial charge in [-0.15, -0.1) is 11.3 Å². The van der Waals surface area contributed by atoms with E-state index in [-0.39, 0.29) is 19.3 Å². The van der Waals surface area contributed by atoms with Crippen molar-refractivity contribution >= 4 is 21.5 Å². The first-order chi connectivity index (χ1) is 17.4. The number of rotatable bonds is 20. The maximum Gasteiger partial charge on any atom is 0.297 e. The molecule has 0 saturated carbocycles. The second-order valence-electron chi connectivity index (χ2n) is 9.23. The third kappa shape index (κ3) is 16.7. The highest BCUT2D eigenvalue weighted by molar-refractivity contribution is 7.86. The van der Waals surface area contributed by atoms with Gasteiger partial charge in [-0.05, 0) is 25.9 Å². The van der Waals surface area contributed by atoms with Gasteiger partial charge in [0.25, 0.3) is 10.1 Å². The predicted octanol–water partition coefficient (Wildman–Crippen LogP) is 6.78. The summed E-state index contributed by atoms with van der Waals surface area (Å²) in [5, 5.41) is 7.20. The van der Waals surface area contributed by atoms with Crippen molar-refractivity contribution in [1.29, 1.82) is 0 Å². The number of nitrogens with one attached hydrogen (secondary N) is 1. The molecular weight excluding hydrogens is 505 g/mol. The van der Waals surface area contributed by atoms with Crippen LogP contribution in [0.4, 0.5) is 4.39 Å². The number of thiophene rings is 1. The van der Waals surface area contributed by atoms with Crippen LogP contribution in [0.3, 0.4) is 0 Å². The zero-order chi connectivity index (χ0) is 26.5. The van der Waals surface area contributed by atoms with Gasteiger partial charge >= 0.3 is 0 Å². The lowest BCUT2D eigenvalue weighted by Gasteiger charge is -2.24. The molecule has 0 radical (unpaired) electrons. The van der Waals surface area contributed by atoms with E-state index in [1.54, 1.807) is 5.38 Å². The van der Waals surface area contributed by atoms with Crippen molar-refractivity contribution < 1.29 is 31.6 Å². The summed E-state index contributed by atoms with van der Waals surface area (Å²) in [6.07, 6.45) is 16.2. The third-order valence-electron chi connectivity index (χ3n) is 5.84. The Morgan fingerprint density at radius 1 is 1.00 bits per heavy atom. The van der Waals surface area contributed by atoms with Gasteiger partial charge in [0, 0.05) is 17.2 Å². The Kier molecular flexibility index (Phi) is 19.3. The second-order valence-corrected chi connectivity index (χ2v) is 11.5. The van der Waals surface area contributed by atoms with Gasteiger partial charge in [-0.1, -0.05) is 78.1 Å². The first kappa shape index (κ1) is 33.1. The molecule has 0 bridgehead atoms. The molecule has 0 aliphatic carbocycles. The summed E-state index contributed by atoms with van der Waals surface area (Å²) < 4.78 is 58.2. The van der Waals surface area contributed by atoms with E-state index in [0.717, 1.165) is 0 Å². The minimum Gasteiger partial charge on any atom is -0.485 e. The van der Waals surface area contributed by atoms with Crippen LogP contribution in [-0.4, -0.2) is 57.5 Å². The molecule has 0 saturated heterocycles. The van der Waals surface area contributed by atoms with Crippen molar-refractivity contribution in [3.63, 3.8) is 0 Å². The molecule has 212 valence electrons. The van der Waals surface area contributed by atoms with E-state index in [0.29, 0.717) is 18.1 Å². The number of alkyl halides is 1. The summed E-state index contributed by atoms with van der Waals surface area (Å²) in [5.74, 6) is 1.34. The zero-order valence-corrected chi connectivity index (χ0v) is 23.9. The van der Waals surface area contributed by atoms with Gasteiger partial charge in [-0.3, -0.25) is 4.55 Å². The minimum absolute atomic E-state index is 0.128. The van der Waals surface area contributed by atoms with Crippen LogP contribution < -0.4 is 14.8 Å². The van der Waals surface area contributed by atoms with E-state index in [2.05, 4.69) is 19.2 Å². The first-order valence-corrected chi connectivity index (χ1v) is 16.1. The van der Waals surface area contributed by atoms with Crippen molar-refractivity contribution in [1.82, 2.24) is 5.32 Å². The fraction of sp³-hybridized carbons (Fsp3) is 0.846. The number of unbranched alkanes of at least 4 members (excludes halogenated alkanes) is 10. The normalized spacial score (nSPS) is 15.8. The molecule has 2 N–H and O–H groups in total. The van der Waals surface area contributed by atoms with Gasteiger partial charge in [0.15, 0.2) is 17.6 Å². The zero-order valence-electron chi connectivity index (χ0n) is 22.2. The third-order valence-corrected chi connectivity index (χ3v) is 7.42. The average Bonchev–Trinajstić information content (AvgIpc) is 3.32. The number of ether oxygens (including phenoxy) is 3. The van der Waals surface area contributed by atoms with Crippen molar-refractivity contribution in [2.24, 2.45) is 0 Å². The largest absolute Gasteiger partial charge is 0.485 e. The molecule has 0 aromatic carbocycles. The van der Waals surface area contributed by atoms with Crippen LogP contribution in [0.2, 0.25) is 0 Å². The second kappa shape index (κ2) is 21.0. The summed E-state index contributed by atoms with van der Waals surface area (Å²) in [7, 11) is -4.64. The molecule has 2 unspecified atom stereocenters. The molecule has 1 aliphatic heterocycles. The predicted molar refractivity (Wildman–Crippen MR) is 146 cm³/mol. The van der Waals surface area contributed by atoms with E-state index in [1.165, 1.54) is 101 Å². The Morgan fingerprint density at radius 3 is 2.14 bits per heavy atom. The Morgan fingerprint density at radius 2 is 1.56 bits per heavy atom. The van der Waals surface area contributed by atoms with Crippen LogP contribution >= 0.6 is 11.3 Å². The topological polar surface area (TPSA) is 94.1 Å². The van der Waals surface area contributed by atoms with Crippen LogP contribution in [-0.2, 0) is 14.9 Å². The Bertz CT molecular complexity index is 733. The average molecular weight is 554 g/mol. The molecule has 0 amide bonds. The smallest absolute Gasteiger partial charge is 0.297 e. The fourth-order valence-corrected chi connectivity index (χ4v) is 4.73. The fourth-order valence-electron chi connectivity index (χ4n) is 3.67. The highest BCUT2D eigenvalue weighted by atomic mass is 32.2. The van der Waals surface area contributed by atoms with Gasteiger partial charge in [0.1, 0.15) is 6.61 Å². The van der Waals surface area contributed by atoms with Crippen LogP contribution in [0.25, 0.3) is 0 Å². The molecule has 7 nitrogen and oxygen atoms in total. The van der Waals surface area contributed by atoms with Gasteiger partial charge in [0.05, 0.1) is 13.2 Å². The summed E-state index contributed by atoms with van der Waals surface area (Å²) >= 11 is 1.46. The SMILES string of the molecule is CCCCCCCCNCCCCCCCC.O=S(=O)(O)C(F)CCOCC1COc2cscc2O1. The lowest BCUT2D eigenvalue weighted by atomic mass is 10.1. The molecule has 10 heteroatoms. The molecule has 0 fully saturated rings. The highest BCUT2D eigenvalue weighted by Gasteiger charge is 2.24. The molecule has 36 heavy (non-hydrogen) atoms. The van der Waals surface area contributed by atoms with E-state index >= 15 is 0 Å². The van der Waals surface area contributed by atoms with Gasteiger partial charge in [-0.25, -0.2) is 4.39 Å². The van der Waals surface area contributed by atoms with Gasteiger partial charge < -0.3 is 19.5 Å². The summed E-state index contributed by atoms with van der Waals surface area (Å²) in [5.41, 5.74) is -2.32. The Labute approximate surface area is 222 Å². The lowest BCUT2D eigenvalue weighted by Crippen LogP contribution is -2.33. The Balaban J connectivity index is 0.000000363. The maximum absolute atomic E-state index is 12.9. The molecule has 2 rings (SSSR count). The minimum atomic E-state index is -4.64. The maximum atomic E-state index is 12.9. The summed E-state index contributed by atoms with van der Waals surface area (Å²) in [6.45, 7) is 7.39. The van der Waals surface area contributed by atoms with Crippen LogP contribution in [0.1, 0.15) is 97.3 Å². The van der Waals surface area contributed by atoms with Crippen molar-refractivity contribution in [3.05, 3.63) is 10.8 Å². The van der Waals surface area contributed by atoms with E-state index < -0.39 is 22.0 Å². The van der Waals surface area contributed by atoms with Crippen LogP contribution in [0.5, 0.6) is 11.5 Å². The molecule has 1 aromatic heterocycles. The molecular formula is C26H48FNO6S2. The van der Waals surface area contributed by atoms with Crippen LogP contribution in [0.15, 0.2) is 10.8 Å².